The standard InChI is InChI=1S/C14H20ClNO2/c1-9(16-2)11-8-10(15)6-7-13(11)18-14-5-3-4-12(14)17/h6-9,12,14,16-17H,3-5H2,1-2H3. The predicted octanol–water partition coefficient (Wildman–Crippen LogP) is 2.91. The minimum atomic E-state index is -0.349. The summed E-state index contributed by atoms with van der Waals surface area (Å²) in [7, 11) is 1.90. The molecule has 0 aromatic heterocycles. The maximum atomic E-state index is 9.82. The topological polar surface area (TPSA) is 41.5 Å². The second-order valence-corrected chi connectivity index (χ2v) is 5.28. The number of nitrogens with one attached hydrogen (secondary N) is 1. The van der Waals surface area contributed by atoms with Crippen LogP contribution in [0.1, 0.15) is 37.8 Å². The summed E-state index contributed by atoms with van der Waals surface area (Å²) >= 11 is 6.03. The smallest absolute Gasteiger partial charge is 0.124 e. The minimum absolute atomic E-state index is 0.0889. The first-order valence-electron chi connectivity index (χ1n) is 6.43. The Morgan fingerprint density at radius 2 is 2.22 bits per heavy atom. The fraction of sp³-hybridized carbons (Fsp3) is 0.571. The molecular formula is C14H20ClNO2. The van der Waals surface area contributed by atoms with Crippen molar-refractivity contribution in [1.82, 2.24) is 5.32 Å². The van der Waals surface area contributed by atoms with Crippen LogP contribution >= 0.6 is 11.6 Å². The molecule has 0 spiro atoms. The molecule has 0 radical (unpaired) electrons. The summed E-state index contributed by atoms with van der Waals surface area (Å²) in [5.74, 6) is 0.812. The molecule has 1 aliphatic rings. The Kier molecular flexibility index (Phi) is 4.49. The van der Waals surface area contributed by atoms with Crippen LogP contribution in [0.4, 0.5) is 0 Å². The zero-order valence-electron chi connectivity index (χ0n) is 10.8. The van der Waals surface area contributed by atoms with Gasteiger partial charge in [0.1, 0.15) is 11.9 Å². The highest BCUT2D eigenvalue weighted by atomic mass is 35.5. The number of rotatable bonds is 4. The van der Waals surface area contributed by atoms with Crippen molar-refractivity contribution in [2.45, 2.75) is 44.4 Å². The lowest BCUT2D eigenvalue weighted by atomic mass is 10.1. The first-order valence-corrected chi connectivity index (χ1v) is 6.81. The number of hydrogen-bond acceptors (Lipinski definition) is 3. The molecule has 1 aliphatic carbocycles. The molecule has 0 saturated heterocycles. The molecule has 0 aliphatic heterocycles. The molecule has 0 amide bonds. The second kappa shape index (κ2) is 5.91. The average Bonchev–Trinajstić information content (AvgIpc) is 2.76. The number of ether oxygens (including phenoxy) is 1. The van der Waals surface area contributed by atoms with E-state index in [1.165, 1.54) is 0 Å². The molecule has 2 rings (SSSR count). The van der Waals surface area contributed by atoms with E-state index >= 15 is 0 Å². The van der Waals surface area contributed by atoms with Crippen LogP contribution in [0, 0.1) is 0 Å². The molecule has 3 atom stereocenters. The van der Waals surface area contributed by atoms with Crippen molar-refractivity contribution in [2.75, 3.05) is 7.05 Å². The molecule has 100 valence electrons. The molecule has 1 aromatic rings. The first kappa shape index (κ1) is 13.7. The van der Waals surface area contributed by atoms with E-state index in [-0.39, 0.29) is 18.2 Å². The van der Waals surface area contributed by atoms with E-state index in [1.54, 1.807) is 0 Å². The van der Waals surface area contributed by atoms with E-state index in [9.17, 15) is 5.11 Å². The van der Waals surface area contributed by atoms with Crippen molar-refractivity contribution in [3.05, 3.63) is 28.8 Å². The summed E-state index contributed by atoms with van der Waals surface area (Å²) in [5.41, 5.74) is 1.03. The number of halogens is 1. The van der Waals surface area contributed by atoms with E-state index in [4.69, 9.17) is 16.3 Å². The Hall–Kier alpha value is -0.770. The van der Waals surface area contributed by atoms with Gasteiger partial charge in [0.15, 0.2) is 0 Å². The normalized spacial score (nSPS) is 25.1. The molecule has 0 heterocycles. The predicted molar refractivity (Wildman–Crippen MR) is 73.2 cm³/mol. The largest absolute Gasteiger partial charge is 0.487 e. The molecule has 1 fully saturated rings. The molecule has 3 unspecified atom stereocenters. The summed E-state index contributed by atoms with van der Waals surface area (Å²) in [6.45, 7) is 2.06. The zero-order valence-corrected chi connectivity index (χ0v) is 11.6. The van der Waals surface area contributed by atoms with Crippen molar-refractivity contribution in [2.24, 2.45) is 0 Å². The first-order chi connectivity index (χ1) is 8.61. The van der Waals surface area contributed by atoms with Gasteiger partial charge in [-0.2, -0.15) is 0 Å². The summed E-state index contributed by atoms with van der Waals surface area (Å²) in [6, 6.07) is 5.79. The number of aliphatic hydroxyl groups is 1. The molecule has 1 saturated carbocycles. The summed E-state index contributed by atoms with van der Waals surface area (Å²) in [6.07, 6.45) is 2.33. The lowest BCUT2D eigenvalue weighted by molar-refractivity contribution is 0.0595. The van der Waals surface area contributed by atoms with Crippen molar-refractivity contribution < 1.29 is 9.84 Å². The molecule has 0 bridgehead atoms. The Morgan fingerprint density at radius 3 is 2.83 bits per heavy atom. The van der Waals surface area contributed by atoms with E-state index < -0.39 is 0 Å². The summed E-state index contributed by atoms with van der Waals surface area (Å²) in [4.78, 5) is 0. The van der Waals surface area contributed by atoms with E-state index in [2.05, 4.69) is 12.2 Å². The van der Waals surface area contributed by atoms with Crippen LogP contribution in [0.2, 0.25) is 5.02 Å². The van der Waals surface area contributed by atoms with Crippen LogP contribution < -0.4 is 10.1 Å². The minimum Gasteiger partial charge on any atom is -0.487 e. The van der Waals surface area contributed by atoms with Gasteiger partial charge in [0.05, 0.1) is 6.10 Å². The summed E-state index contributed by atoms with van der Waals surface area (Å²) < 4.78 is 5.95. The number of benzene rings is 1. The maximum Gasteiger partial charge on any atom is 0.124 e. The third-order valence-corrected chi connectivity index (χ3v) is 3.80. The second-order valence-electron chi connectivity index (χ2n) is 4.85. The van der Waals surface area contributed by atoms with Crippen LogP contribution in [-0.2, 0) is 0 Å². The quantitative estimate of drug-likeness (QED) is 0.883. The van der Waals surface area contributed by atoms with E-state index in [0.29, 0.717) is 5.02 Å². The van der Waals surface area contributed by atoms with Gasteiger partial charge in [-0.15, -0.1) is 0 Å². The van der Waals surface area contributed by atoms with Gasteiger partial charge in [-0.3, -0.25) is 0 Å². The molecular weight excluding hydrogens is 250 g/mol. The van der Waals surface area contributed by atoms with Gasteiger partial charge in [0.25, 0.3) is 0 Å². The molecule has 18 heavy (non-hydrogen) atoms. The van der Waals surface area contributed by atoms with E-state index in [0.717, 1.165) is 30.6 Å². The summed E-state index contributed by atoms with van der Waals surface area (Å²) in [5, 5.41) is 13.7. The Balaban J connectivity index is 2.20. The highest BCUT2D eigenvalue weighted by Crippen LogP contribution is 2.32. The van der Waals surface area contributed by atoms with Crippen molar-refractivity contribution in [1.29, 1.82) is 0 Å². The maximum absolute atomic E-state index is 9.82. The number of hydrogen-bond donors (Lipinski definition) is 2. The highest BCUT2D eigenvalue weighted by Gasteiger charge is 2.27. The van der Waals surface area contributed by atoms with Crippen LogP contribution in [0.3, 0.4) is 0 Å². The van der Waals surface area contributed by atoms with Crippen LogP contribution in [0.5, 0.6) is 5.75 Å². The Bertz CT molecular complexity index is 411. The van der Waals surface area contributed by atoms with Crippen LogP contribution in [0.15, 0.2) is 18.2 Å². The molecule has 3 nitrogen and oxygen atoms in total. The zero-order chi connectivity index (χ0) is 13.1. The Labute approximate surface area is 113 Å². The van der Waals surface area contributed by atoms with Gasteiger partial charge in [0.2, 0.25) is 0 Å². The molecule has 4 heteroatoms. The van der Waals surface area contributed by atoms with Gasteiger partial charge < -0.3 is 15.2 Å². The van der Waals surface area contributed by atoms with Crippen molar-refractivity contribution >= 4 is 11.6 Å². The lowest BCUT2D eigenvalue weighted by Gasteiger charge is -2.22. The highest BCUT2D eigenvalue weighted by molar-refractivity contribution is 6.30. The van der Waals surface area contributed by atoms with Crippen LogP contribution in [-0.4, -0.2) is 24.4 Å². The van der Waals surface area contributed by atoms with Gasteiger partial charge in [-0.1, -0.05) is 11.6 Å². The number of aliphatic hydroxyl groups excluding tert-OH is 1. The van der Waals surface area contributed by atoms with Gasteiger partial charge in [-0.05, 0) is 51.4 Å². The molecule has 2 N–H and O–H groups in total. The van der Waals surface area contributed by atoms with Gasteiger partial charge >= 0.3 is 0 Å². The van der Waals surface area contributed by atoms with E-state index in [1.807, 2.05) is 25.2 Å². The fourth-order valence-electron chi connectivity index (χ4n) is 2.33. The lowest BCUT2D eigenvalue weighted by Crippen LogP contribution is -2.26. The average molecular weight is 270 g/mol. The van der Waals surface area contributed by atoms with Gasteiger partial charge in [-0.25, -0.2) is 0 Å². The van der Waals surface area contributed by atoms with Crippen LogP contribution in [0.25, 0.3) is 0 Å². The Morgan fingerprint density at radius 1 is 1.44 bits per heavy atom. The third-order valence-electron chi connectivity index (χ3n) is 3.57. The SMILES string of the molecule is CNC(C)c1cc(Cl)ccc1OC1CCCC1O. The fourth-order valence-corrected chi connectivity index (χ4v) is 2.51. The monoisotopic (exact) mass is 269 g/mol. The van der Waals surface area contributed by atoms with Crippen molar-refractivity contribution in [3.8, 4) is 5.75 Å². The van der Waals surface area contributed by atoms with Gasteiger partial charge in [0, 0.05) is 16.6 Å². The third kappa shape index (κ3) is 2.97. The molecule has 1 aromatic carbocycles. The van der Waals surface area contributed by atoms with Crippen molar-refractivity contribution in [3.63, 3.8) is 0 Å².